The van der Waals surface area contributed by atoms with Gasteiger partial charge in [-0.05, 0) is 0 Å². The number of aromatic carboxylic acids is 1. The predicted molar refractivity (Wildman–Crippen MR) is 56.0 cm³/mol. The number of rotatable bonds is 2. The Morgan fingerprint density at radius 2 is 1.83 bits per heavy atom. The van der Waals surface area contributed by atoms with Gasteiger partial charge in [-0.25, -0.2) is 4.79 Å². The first kappa shape index (κ1) is 12.2. The van der Waals surface area contributed by atoms with Gasteiger partial charge < -0.3 is 5.11 Å². The minimum Gasteiger partial charge on any atom is -0.477 e. The van der Waals surface area contributed by atoms with Crippen LogP contribution in [-0.2, 0) is 6.18 Å². The van der Waals surface area contributed by atoms with Crippen molar-refractivity contribution in [1.82, 2.24) is 10.2 Å². The van der Waals surface area contributed by atoms with Crippen molar-refractivity contribution in [3.05, 3.63) is 41.6 Å². The van der Waals surface area contributed by atoms with Gasteiger partial charge in [0, 0.05) is 5.56 Å². The van der Waals surface area contributed by atoms with Gasteiger partial charge in [-0.15, -0.1) is 0 Å². The van der Waals surface area contributed by atoms with Crippen molar-refractivity contribution in [3.8, 4) is 11.3 Å². The lowest BCUT2D eigenvalue weighted by Crippen LogP contribution is -2.12. The maximum Gasteiger partial charge on any atom is 0.420 e. The highest BCUT2D eigenvalue weighted by Gasteiger charge is 2.41. The molecular weight excluding hydrogens is 249 g/mol. The summed E-state index contributed by atoms with van der Waals surface area (Å²) in [6, 6.07) is 7.59. The Balaban J connectivity index is 2.67. The first-order valence-corrected chi connectivity index (χ1v) is 4.85. The molecule has 7 heteroatoms. The van der Waals surface area contributed by atoms with Crippen LogP contribution in [0.25, 0.3) is 11.3 Å². The van der Waals surface area contributed by atoms with Gasteiger partial charge in [-0.3, -0.25) is 5.10 Å². The molecule has 0 atom stereocenters. The Morgan fingerprint density at radius 3 is 2.33 bits per heavy atom. The first-order chi connectivity index (χ1) is 8.41. The molecule has 2 aromatic rings. The van der Waals surface area contributed by atoms with Crippen molar-refractivity contribution in [1.29, 1.82) is 0 Å². The Labute approximate surface area is 99.1 Å². The molecule has 0 unspecified atom stereocenters. The van der Waals surface area contributed by atoms with Crippen LogP contribution in [0.2, 0.25) is 0 Å². The summed E-state index contributed by atoms with van der Waals surface area (Å²) in [5.41, 5.74) is -2.43. The molecule has 94 valence electrons. The minimum atomic E-state index is -4.79. The highest BCUT2D eigenvalue weighted by atomic mass is 19.4. The number of nitrogens with one attached hydrogen (secondary N) is 1. The molecule has 0 spiro atoms. The summed E-state index contributed by atoms with van der Waals surface area (Å²) in [7, 11) is 0. The Bertz CT molecular complexity index is 576. The largest absolute Gasteiger partial charge is 0.477 e. The molecular formula is C11H7F3N2O2. The second-order valence-electron chi connectivity index (χ2n) is 3.49. The van der Waals surface area contributed by atoms with Gasteiger partial charge >= 0.3 is 12.1 Å². The molecule has 0 saturated carbocycles. The van der Waals surface area contributed by atoms with Gasteiger partial charge in [0.05, 0.1) is 0 Å². The highest BCUT2D eigenvalue weighted by Crippen LogP contribution is 2.38. The fraction of sp³-hybridized carbons (Fsp3) is 0.0909. The number of H-pyrrole nitrogens is 1. The maximum atomic E-state index is 12.9. The number of halogens is 3. The van der Waals surface area contributed by atoms with Crippen LogP contribution in [0.3, 0.4) is 0 Å². The highest BCUT2D eigenvalue weighted by molar-refractivity contribution is 5.90. The lowest BCUT2D eigenvalue weighted by atomic mass is 10.1. The van der Waals surface area contributed by atoms with Gasteiger partial charge in [0.1, 0.15) is 11.3 Å². The second kappa shape index (κ2) is 4.17. The van der Waals surface area contributed by atoms with E-state index in [9.17, 15) is 18.0 Å². The van der Waals surface area contributed by atoms with Crippen molar-refractivity contribution >= 4 is 5.97 Å². The van der Waals surface area contributed by atoms with E-state index in [4.69, 9.17) is 5.11 Å². The number of benzene rings is 1. The number of carboxylic acids is 1. The molecule has 0 aliphatic rings. The molecule has 1 heterocycles. The lowest BCUT2D eigenvalue weighted by molar-refractivity contribution is -0.137. The van der Waals surface area contributed by atoms with Crippen LogP contribution < -0.4 is 0 Å². The summed E-state index contributed by atoms with van der Waals surface area (Å²) in [4.78, 5) is 10.7. The average molecular weight is 256 g/mol. The van der Waals surface area contributed by atoms with Gasteiger partial charge in [0.25, 0.3) is 0 Å². The van der Waals surface area contributed by atoms with Gasteiger partial charge in [-0.2, -0.15) is 18.3 Å². The standard InChI is InChI=1S/C11H7F3N2O2/c12-11(13,14)7-8(6-4-2-1-3-5-6)15-16-9(7)10(17)18/h1-5H,(H,15,16)(H,17,18). The second-order valence-corrected chi connectivity index (χ2v) is 3.49. The van der Waals surface area contributed by atoms with E-state index in [2.05, 4.69) is 5.10 Å². The molecule has 0 amide bonds. The van der Waals surface area contributed by atoms with E-state index < -0.39 is 29.1 Å². The summed E-state index contributed by atoms with van der Waals surface area (Å²) < 4.78 is 38.6. The number of carboxylic acid groups (broad SMARTS) is 1. The molecule has 2 N–H and O–H groups in total. The first-order valence-electron chi connectivity index (χ1n) is 4.85. The number of nitrogens with zero attached hydrogens (tertiary/aromatic N) is 1. The average Bonchev–Trinajstić information content (AvgIpc) is 2.74. The zero-order valence-electron chi connectivity index (χ0n) is 8.82. The molecule has 0 bridgehead atoms. The smallest absolute Gasteiger partial charge is 0.420 e. The summed E-state index contributed by atoms with van der Waals surface area (Å²) in [6.07, 6.45) is -4.79. The monoisotopic (exact) mass is 256 g/mol. The van der Waals surface area contributed by atoms with Gasteiger partial charge in [-0.1, -0.05) is 30.3 Å². The molecule has 0 radical (unpaired) electrons. The summed E-state index contributed by atoms with van der Waals surface area (Å²) in [5, 5.41) is 14.1. The third-order valence-corrected chi connectivity index (χ3v) is 2.31. The van der Waals surface area contributed by atoms with E-state index in [-0.39, 0.29) is 5.56 Å². The van der Waals surface area contributed by atoms with E-state index >= 15 is 0 Å². The zero-order valence-corrected chi connectivity index (χ0v) is 8.82. The molecule has 2 rings (SSSR count). The topological polar surface area (TPSA) is 66.0 Å². The summed E-state index contributed by atoms with van der Waals surface area (Å²) in [6.45, 7) is 0. The Hall–Kier alpha value is -2.31. The molecule has 0 aliphatic carbocycles. The molecule has 4 nitrogen and oxygen atoms in total. The van der Waals surface area contributed by atoms with E-state index in [0.29, 0.717) is 0 Å². The van der Waals surface area contributed by atoms with E-state index in [1.54, 1.807) is 18.2 Å². The van der Waals surface area contributed by atoms with Crippen LogP contribution in [0.15, 0.2) is 30.3 Å². The number of aromatic amines is 1. The van der Waals surface area contributed by atoms with Gasteiger partial charge in [0.15, 0.2) is 5.69 Å². The third kappa shape index (κ3) is 2.06. The van der Waals surface area contributed by atoms with Crippen molar-refractivity contribution in [2.45, 2.75) is 6.18 Å². The Kier molecular flexibility index (Phi) is 2.82. The Morgan fingerprint density at radius 1 is 1.22 bits per heavy atom. The normalized spacial score (nSPS) is 11.5. The van der Waals surface area contributed by atoms with E-state index in [0.717, 1.165) is 0 Å². The van der Waals surface area contributed by atoms with Crippen LogP contribution in [0.4, 0.5) is 13.2 Å². The molecule has 0 saturated heterocycles. The van der Waals surface area contributed by atoms with Crippen LogP contribution in [-0.4, -0.2) is 21.3 Å². The maximum absolute atomic E-state index is 12.9. The minimum absolute atomic E-state index is 0.202. The van der Waals surface area contributed by atoms with Crippen molar-refractivity contribution in [2.24, 2.45) is 0 Å². The van der Waals surface area contributed by atoms with Crippen molar-refractivity contribution < 1.29 is 23.1 Å². The van der Waals surface area contributed by atoms with Crippen LogP contribution in [0.1, 0.15) is 16.1 Å². The predicted octanol–water partition coefficient (Wildman–Crippen LogP) is 2.79. The summed E-state index contributed by atoms with van der Waals surface area (Å²) >= 11 is 0. The van der Waals surface area contributed by atoms with Crippen molar-refractivity contribution in [2.75, 3.05) is 0 Å². The van der Waals surface area contributed by atoms with Crippen LogP contribution in [0, 0.1) is 0 Å². The summed E-state index contributed by atoms with van der Waals surface area (Å²) in [5.74, 6) is -1.70. The van der Waals surface area contributed by atoms with Crippen molar-refractivity contribution in [3.63, 3.8) is 0 Å². The van der Waals surface area contributed by atoms with Crippen LogP contribution in [0.5, 0.6) is 0 Å². The molecule has 1 aromatic heterocycles. The number of alkyl halides is 3. The van der Waals surface area contributed by atoms with E-state index in [1.807, 2.05) is 5.10 Å². The fourth-order valence-electron chi connectivity index (χ4n) is 1.58. The zero-order chi connectivity index (χ0) is 13.3. The quantitative estimate of drug-likeness (QED) is 0.868. The molecule has 1 aromatic carbocycles. The molecule has 0 aliphatic heterocycles. The SMILES string of the molecule is O=C(O)c1[nH]nc(-c2ccccc2)c1C(F)(F)F. The number of hydrogen-bond acceptors (Lipinski definition) is 2. The van der Waals surface area contributed by atoms with Crippen LogP contribution >= 0.6 is 0 Å². The third-order valence-electron chi connectivity index (χ3n) is 2.31. The number of carbonyl (C=O) groups is 1. The lowest BCUT2D eigenvalue weighted by Gasteiger charge is -2.07. The van der Waals surface area contributed by atoms with Gasteiger partial charge in [0.2, 0.25) is 0 Å². The van der Waals surface area contributed by atoms with E-state index in [1.165, 1.54) is 12.1 Å². The number of aromatic nitrogens is 2. The fourth-order valence-corrected chi connectivity index (χ4v) is 1.58. The molecule has 18 heavy (non-hydrogen) atoms. The number of hydrogen-bond donors (Lipinski definition) is 2. The molecule has 0 fully saturated rings.